The lowest BCUT2D eigenvalue weighted by atomic mass is 10.1. The van der Waals surface area contributed by atoms with Crippen molar-refractivity contribution in [3.63, 3.8) is 0 Å². The first-order chi connectivity index (χ1) is 9.83. The minimum atomic E-state index is 0.293. The van der Waals surface area contributed by atoms with E-state index in [0.29, 0.717) is 6.04 Å². The maximum Gasteiger partial charge on any atom is 0.213 e. The van der Waals surface area contributed by atoms with Crippen LogP contribution in [0, 0.1) is 0 Å². The summed E-state index contributed by atoms with van der Waals surface area (Å²) in [5.41, 5.74) is 2.79. The normalized spacial score (nSPS) is 23.6. The van der Waals surface area contributed by atoms with E-state index in [2.05, 4.69) is 27.2 Å². The smallest absolute Gasteiger partial charge is 0.213 e. The molecular weight excluding hydrogens is 254 g/mol. The molecule has 6 nitrogen and oxygen atoms in total. The molecule has 0 radical (unpaired) electrons. The Hall–Kier alpha value is -1.69. The summed E-state index contributed by atoms with van der Waals surface area (Å²) in [4.78, 5) is 6.68. The summed E-state index contributed by atoms with van der Waals surface area (Å²) in [6, 6.07) is 0.293. The third-order valence-electron chi connectivity index (χ3n) is 4.44. The van der Waals surface area contributed by atoms with Gasteiger partial charge < -0.3 is 4.52 Å². The number of aryl methyl sites for hydroxylation is 1. The zero-order valence-corrected chi connectivity index (χ0v) is 11.7. The summed E-state index contributed by atoms with van der Waals surface area (Å²) in [6.07, 6.45) is 8.36. The summed E-state index contributed by atoms with van der Waals surface area (Å²) in [6.45, 7) is 2.04. The van der Waals surface area contributed by atoms with E-state index in [1.54, 1.807) is 0 Å². The van der Waals surface area contributed by atoms with Crippen molar-refractivity contribution in [2.45, 2.75) is 44.2 Å². The zero-order chi connectivity index (χ0) is 13.5. The van der Waals surface area contributed by atoms with Crippen LogP contribution in [-0.2, 0) is 13.6 Å². The minimum Gasteiger partial charge on any atom is -0.343 e. The molecule has 0 spiro atoms. The first-order valence-corrected chi connectivity index (χ1v) is 7.34. The molecule has 0 N–H and O–H groups in total. The van der Waals surface area contributed by atoms with E-state index in [1.807, 2.05) is 10.9 Å². The van der Waals surface area contributed by atoms with Gasteiger partial charge in [0.1, 0.15) is 0 Å². The predicted molar refractivity (Wildman–Crippen MR) is 71.9 cm³/mol. The molecule has 1 saturated heterocycles. The van der Waals surface area contributed by atoms with Crippen LogP contribution in [0.4, 0.5) is 0 Å². The first-order valence-electron chi connectivity index (χ1n) is 7.34. The molecule has 0 amide bonds. The van der Waals surface area contributed by atoms with Crippen molar-refractivity contribution in [3.05, 3.63) is 29.7 Å². The van der Waals surface area contributed by atoms with E-state index < -0.39 is 0 Å². The highest BCUT2D eigenvalue weighted by Crippen LogP contribution is 2.42. The van der Waals surface area contributed by atoms with Crippen LogP contribution in [0.3, 0.4) is 0 Å². The zero-order valence-electron chi connectivity index (χ0n) is 11.7. The Morgan fingerprint density at radius 2 is 2.25 bits per heavy atom. The van der Waals surface area contributed by atoms with Crippen LogP contribution in [0.25, 0.3) is 0 Å². The molecule has 1 unspecified atom stereocenters. The van der Waals surface area contributed by atoms with Crippen LogP contribution < -0.4 is 0 Å². The predicted octanol–water partition coefficient (Wildman–Crippen LogP) is 2.02. The van der Waals surface area contributed by atoms with E-state index in [1.165, 1.54) is 36.9 Å². The molecule has 2 fully saturated rings. The Labute approximate surface area is 117 Å². The van der Waals surface area contributed by atoms with E-state index in [9.17, 15) is 0 Å². The van der Waals surface area contributed by atoms with Crippen LogP contribution in [0.2, 0.25) is 0 Å². The van der Waals surface area contributed by atoms with Gasteiger partial charge in [-0.1, -0.05) is 5.16 Å². The van der Waals surface area contributed by atoms with Gasteiger partial charge in [-0.25, -0.2) is 0 Å². The van der Waals surface area contributed by atoms with Crippen molar-refractivity contribution >= 4 is 0 Å². The third-order valence-corrected chi connectivity index (χ3v) is 4.44. The third kappa shape index (κ3) is 2.04. The fraction of sp³-hybridized carbons (Fsp3) is 0.643. The molecule has 1 saturated carbocycles. The van der Waals surface area contributed by atoms with E-state index in [4.69, 9.17) is 4.52 Å². The van der Waals surface area contributed by atoms with Gasteiger partial charge in [0.2, 0.25) is 6.39 Å². The van der Waals surface area contributed by atoms with Crippen molar-refractivity contribution in [1.82, 2.24) is 24.8 Å². The highest BCUT2D eigenvalue weighted by atomic mass is 16.5. The monoisotopic (exact) mass is 273 g/mol. The molecule has 2 aromatic heterocycles. The number of hydrogen-bond acceptors (Lipinski definition) is 5. The molecule has 1 aliphatic carbocycles. The fourth-order valence-corrected chi connectivity index (χ4v) is 3.35. The summed E-state index contributed by atoms with van der Waals surface area (Å²) >= 11 is 0. The summed E-state index contributed by atoms with van der Waals surface area (Å²) < 4.78 is 6.95. The molecule has 106 valence electrons. The van der Waals surface area contributed by atoms with Gasteiger partial charge in [-0.05, 0) is 32.2 Å². The average molecular weight is 273 g/mol. The molecule has 4 rings (SSSR count). The number of nitrogens with zero attached hydrogens (tertiary/aromatic N) is 5. The van der Waals surface area contributed by atoms with Crippen molar-refractivity contribution in [2.75, 3.05) is 6.54 Å². The van der Waals surface area contributed by atoms with Gasteiger partial charge in [0.15, 0.2) is 5.82 Å². The molecule has 6 heteroatoms. The molecule has 0 bridgehead atoms. The Balaban J connectivity index is 1.56. The lowest BCUT2D eigenvalue weighted by Crippen LogP contribution is -2.24. The quantitative estimate of drug-likeness (QED) is 0.853. The second kappa shape index (κ2) is 4.70. The molecule has 3 heterocycles. The molecule has 2 aromatic rings. The summed E-state index contributed by atoms with van der Waals surface area (Å²) in [5, 5.41) is 8.46. The second-order valence-electron chi connectivity index (χ2n) is 5.87. The molecule has 1 atom stereocenters. The van der Waals surface area contributed by atoms with Crippen molar-refractivity contribution in [1.29, 1.82) is 0 Å². The van der Waals surface area contributed by atoms with Gasteiger partial charge in [0, 0.05) is 30.8 Å². The number of hydrogen-bond donors (Lipinski definition) is 0. The second-order valence-corrected chi connectivity index (χ2v) is 5.87. The maximum absolute atomic E-state index is 4.90. The molecule has 0 aromatic carbocycles. The Morgan fingerprint density at radius 1 is 1.35 bits per heavy atom. The summed E-state index contributed by atoms with van der Waals surface area (Å²) in [5.74, 6) is 1.54. The van der Waals surface area contributed by atoms with E-state index in [-0.39, 0.29) is 0 Å². The minimum absolute atomic E-state index is 0.293. The van der Waals surface area contributed by atoms with Crippen molar-refractivity contribution < 1.29 is 4.52 Å². The SMILES string of the molecule is Cn1ncc(CN2CCCC2c2ncon2)c1C1CC1. The fourth-order valence-electron chi connectivity index (χ4n) is 3.35. The van der Waals surface area contributed by atoms with Crippen LogP contribution in [0.1, 0.15) is 54.7 Å². The van der Waals surface area contributed by atoms with Gasteiger partial charge in [-0.2, -0.15) is 10.1 Å². The van der Waals surface area contributed by atoms with Crippen molar-refractivity contribution in [2.24, 2.45) is 7.05 Å². The highest BCUT2D eigenvalue weighted by Gasteiger charge is 2.33. The van der Waals surface area contributed by atoms with Crippen LogP contribution in [0.15, 0.2) is 17.1 Å². The van der Waals surface area contributed by atoms with Gasteiger partial charge in [0.25, 0.3) is 0 Å². The number of likely N-dealkylation sites (tertiary alicyclic amines) is 1. The van der Waals surface area contributed by atoms with Crippen molar-refractivity contribution in [3.8, 4) is 0 Å². The van der Waals surface area contributed by atoms with Gasteiger partial charge in [-0.15, -0.1) is 0 Å². The lowest BCUT2D eigenvalue weighted by Gasteiger charge is -2.21. The average Bonchev–Trinajstić information content (AvgIpc) is 2.88. The maximum atomic E-state index is 4.90. The van der Waals surface area contributed by atoms with Crippen LogP contribution in [-0.4, -0.2) is 31.4 Å². The molecule has 20 heavy (non-hydrogen) atoms. The Bertz CT molecular complexity index is 587. The van der Waals surface area contributed by atoms with Gasteiger partial charge >= 0.3 is 0 Å². The topological polar surface area (TPSA) is 60.0 Å². The van der Waals surface area contributed by atoms with Gasteiger partial charge in [0.05, 0.1) is 12.2 Å². The highest BCUT2D eigenvalue weighted by molar-refractivity contribution is 5.25. The van der Waals surface area contributed by atoms with E-state index in [0.717, 1.165) is 31.3 Å². The van der Waals surface area contributed by atoms with Gasteiger partial charge in [-0.3, -0.25) is 9.58 Å². The lowest BCUT2D eigenvalue weighted by molar-refractivity contribution is 0.233. The first kappa shape index (κ1) is 12.1. The van der Waals surface area contributed by atoms with E-state index >= 15 is 0 Å². The van der Waals surface area contributed by atoms with Crippen LogP contribution >= 0.6 is 0 Å². The number of rotatable bonds is 4. The largest absolute Gasteiger partial charge is 0.343 e. The standard InChI is InChI=1S/C14H19N5O/c1-18-13(10-4-5-10)11(7-16-18)8-19-6-2-3-12(19)14-15-9-20-17-14/h7,9-10,12H,2-6,8H2,1H3. The molecular formula is C14H19N5O. The molecule has 2 aliphatic rings. The summed E-state index contributed by atoms with van der Waals surface area (Å²) in [7, 11) is 2.05. The Kier molecular flexibility index (Phi) is 2.84. The Morgan fingerprint density at radius 3 is 3.00 bits per heavy atom. The van der Waals surface area contributed by atoms with Crippen LogP contribution in [0.5, 0.6) is 0 Å². The molecule has 1 aliphatic heterocycles. The number of aromatic nitrogens is 4.